The summed E-state index contributed by atoms with van der Waals surface area (Å²) in [6, 6.07) is 5.88. The molecule has 0 aliphatic rings. The van der Waals surface area contributed by atoms with Crippen LogP contribution in [0.25, 0.3) is 5.69 Å². The minimum atomic E-state index is -1.04. The molecule has 0 spiro atoms. The van der Waals surface area contributed by atoms with Crippen molar-refractivity contribution in [1.82, 2.24) is 9.78 Å². The maximum absolute atomic E-state index is 12.3. The fraction of sp³-hybridized carbons (Fsp3) is 0.214. The smallest absolute Gasteiger partial charge is 0.328 e. The van der Waals surface area contributed by atoms with Crippen molar-refractivity contribution < 1.29 is 9.90 Å². The van der Waals surface area contributed by atoms with Gasteiger partial charge in [-0.3, -0.25) is 14.9 Å². The molecule has 21 heavy (non-hydrogen) atoms. The van der Waals surface area contributed by atoms with E-state index in [1.54, 1.807) is 31.2 Å². The fourth-order valence-corrected chi connectivity index (χ4v) is 1.86. The zero-order valence-corrected chi connectivity index (χ0v) is 12.3. The molecule has 0 fully saturated rings. The molecule has 1 heterocycles. The number of hydrogen-bond acceptors (Lipinski definition) is 3. The molecule has 1 aromatic heterocycles. The number of benzene rings is 1. The lowest BCUT2D eigenvalue weighted by Gasteiger charge is -2.00. The number of nitrogens with one attached hydrogen (secondary N) is 1. The van der Waals surface area contributed by atoms with Gasteiger partial charge in [-0.05, 0) is 38.1 Å². The number of aromatic nitrogens is 2. The van der Waals surface area contributed by atoms with Crippen LogP contribution in [0.4, 0.5) is 0 Å². The molecule has 0 amide bonds. The maximum atomic E-state index is 12.3. The first kappa shape index (κ1) is 15.1. The minimum Gasteiger partial charge on any atom is -0.480 e. The van der Waals surface area contributed by atoms with Crippen molar-refractivity contribution in [2.24, 2.45) is 4.99 Å². The van der Waals surface area contributed by atoms with E-state index in [0.717, 1.165) is 0 Å². The molecule has 0 aliphatic heterocycles. The lowest BCUT2D eigenvalue weighted by atomic mass is 10.2. The zero-order valence-electron chi connectivity index (χ0n) is 11.5. The Balaban J connectivity index is 2.40. The average Bonchev–Trinajstić information content (AvgIpc) is 2.72. The van der Waals surface area contributed by atoms with Crippen molar-refractivity contribution in [1.29, 1.82) is 0 Å². The number of carbonyl (C=O) groups is 1. The highest BCUT2D eigenvalue weighted by molar-refractivity contribution is 6.30. The summed E-state index contributed by atoms with van der Waals surface area (Å²) in [4.78, 5) is 26.9. The molecule has 1 unspecified atom stereocenters. The van der Waals surface area contributed by atoms with Crippen LogP contribution in [-0.4, -0.2) is 33.1 Å². The number of carboxylic acids is 1. The van der Waals surface area contributed by atoms with Crippen LogP contribution in [0.15, 0.2) is 34.1 Å². The lowest BCUT2D eigenvalue weighted by molar-refractivity contribution is -0.137. The molecule has 2 aromatic rings. The van der Waals surface area contributed by atoms with E-state index < -0.39 is 12.0 Å². The van der Waals surface area contributed by atoms with Gasteiger partial charge < -0.3 is 5.11 Å². The van der Waals surface area contributed by atoms with Gasteiger partial charge in [0.15, 0.2) is 0 Å². The number of aliphatic carboxylic acids is 1. The van der Waals surface area contributed by atoms with Gasteiger partial charge in [0.1, 0.15) is 6.04 Å². The largest absolute Gasteiger partial charge is 0.480 e. The Kier molecular flexibility index (Phi) is 4.28. The maximum Gasteiger partial charge on any atom is 0.328 e. The van der Waals surface area contributed by atoms with Gasteiger partial charge in [-0.2, -0.15) is 0 Å². The highest BCUT2D eigenvalue weighted by Crippen LogP contribution is 2.12. The predicted molar refractivity (Wildman–Crippen MR) is 80.8 cm³/mol. The number of hydrogen-bond donors (Lipinski definition) is 2. The van der Waals surface area contributed by atoms with Crippen LogP contribution < -0.4 is 5.56 Å². The molecule has 7 heteroatoms. The number of H-pyrrole nitrogens is 1. The number of aromatic amines is 1. The van der Waals surface area contributed by atoms with Crippen molar-refractivity contribution in [2.75, 3.05) is 0 Å². The van der Waals surface area contributed by atoms with E-state index in [4.69, 9.17) is 16.7 Å². The second-order valence-electron chi connectivity index (χ2n) is 4.56. The van der Waals surface area contributed by atoms with Gasteiger partial charge in [-0.15, -0.1) is 0 Å². The molecule has 0 saturated carbocycles. The van der Waals surface area contributed by atoms with Crippen LogP contribution in [0.1, 0.15) is 18.2 Å². The first-order valence-corrected chi connectivity index (χ1v) is 6.61. The van der Waals surface area contributed by atoms with Crippen molar-refractivity contribution in [3.63, 3.8) is 0 Å². The summed E-state index contributed by atoms with van der Waals surface area (Å²) in [6.45, 7) is 3.17. The molecule has 0 radical (unpaired) electrons. The summed E-state index contributed by atoms with van der Waals surface area (Å²) in [5.74, 6) is -1.04. The van der Waals surface area contributed by atoms with Crippen molar-refractivity contribution in [2.45, 2.75) is 19.9 Å². The van der Waals surface area contributed by atoms with Crippen LogP contribution in [-0.2, 0) is 4.79 Å². The van der Waals surface area contributed by atoms with E-state index in [0.29, 0.717) is 22.0 Å². The van der Waals surface area contributed by atoms with Crippen molar-refractivity contribution in [3.8, 4) is 5.69 Å². The van der Waals surface area contributed by atoms with Gasteiger partial charge in [-0.25, -0.2) is 9.48 Å². The van der Waals surface area contributed by atoms with Gasteiger partial charge in [0.05, 0.1) is 11.3 Å². The molecule has 6 nitrogen and oxygen atoms in total. The standard InChI is InChI=1S/C14H14ClN3O3/c1-8-12(7-16-9(2)14(20)21)13(19)18(17-8)11-5-3-10(15)4-6-11/h3-7,9,17H,1-2H3,(H,20,21). The lowest BCUT2D eigenvalue weighted by Crippen LogP contribution is -2.18. The van der Waals surface area contributed by atoms with E-state index in [9.17, 15) is 9.59 Å². The van der Waals surface area contributed by atoms with Crippen molar-refractivity contribution >= 4 is 23.8 Å². The average molecular weight is 308 g/mol. The molecule has 2 rings (SSSR count). The highest BCUT2D eigenvalue weighted by Gasteiger charge is 2.12. The molecule has 0 aliphatic carbocycles. The molecule has 0 saturated heterocycles. The second-order valence-corrected chi connectivity index (χ2v) is 5.00. The van der Waals surface area contributed by atoms with Crippen LogP contribution in [0, 0.1) is 6.92 Å². The van der Waals surface area contributed by atoms with Crippen LogP contribution >= 0.6 is 11.6 Å². The fourth-order valence-electron chi connectivity index (χ4n) is 1.73. The van der Waals surface area contributed by atoms with Crippen LogP contribution in [0.5, 0.6) is 0 Å². The summed E-state index contributed by atoms with van der Waals surface area (Å²) in [5, 5.41) is 12.3. The molecule has 110 valence electrons. The number of aliphatic imine (C=N–C) groups is 1. The van der Waals surface area contributed by atoms with E-state index in [1.165, 1.54) is 17.8 Å². The Hall–Kier alpha value is -2.34. The molecule has 1 aromatic carbocycles. The number of carboxylic acid groups (broad SMARTS) is 1. The highest BCUT2D eigenvalue weighted by atomic mass is 35.5. The number of aryl methyl sites for hydroxylation is 1. The quantitative estimate of drug-likeness (QED) is 0.847. The van der Waals surface area contributed by atoms with Crippen molar-refractivity contribution in [3.05, 3.63) is 50.9 Å². The van der Waals surface area contributed by atoms with Gasteiger partial charge >= 0.3 is 5.97 Å². The van der Waals surface area contributed by atoms with Gasteiger partial charge in [0, 0.05) is 16.9 Å². The van der Waals surface area contributed by atoms with E-state index in [1.807, 2.05) is 0 Å². The Bertz CT molecular complexity index is 744. The Morgan fingerprint density at radius 2 is 2.05 bits per heavy atom. The SMILES string of the molecule is Cc1[nH]n(-c2ccc(Cl)cc2)c(=O)c1C=NC(C)C(=O)O. The molecule has 1 atom stereocenters. The number of rotatable bonds is 4. The van der Waals surface area contributed by atoms with E-state index >= 15 is 0 Å². The predicted octanol–water partition coefficient (Wildman–Crippen LogP) is 2.02. The molecule has 2 N–H and O–H groups in total. The van der Waals surface area contributed by atoms with Gasteiger partial charge in [0.2, 0.25) is 0 Å². The normalized spacial score (nSPS) is 12.7. The van der Waals surface area contributed by atoms with Gasteiger partial charge in [0.25, 0.3) is 5.56 Å². The third-order valence-electron chi connectivity index (χ3n) is 2.99. The molecule has 0 bridgehead atoms. The Morgan fingerprint density at radius 1 is 1.43 bits per heavy atom. The zero-order chi connectivity index (χ0) is 15.6. The summed E-state index contributed by atoms with van der Waals surface area (Å²) in [6.07, 6.45) is 1.29. The Morgan fingerprint density at radius 3 is 2.62 bits per heavy atom. The third kappa shape index (κ3) is 3.22. The second kappa shape index (κ2) is 5.97. The monoisotopic (exact) mass is 307 g/mol. The van der Waals surface area contributed by atoms with E-state index in [-0.39, 0.29) is 5.56 Å². The first-order chi connectivity index (χ1) is 9.90. The van der Waals surface area contributed by atoms with Gasteiger partial charge in [-0.1, -0.05) is 11.6 Å². The van der Waals surface area contributed by atoms with Crippen LogP contribution in [0.3, 0.4) is 0 Å². The number of halogens is 1. The summed E-state index contributed by atoms with van der Waals surface area (Å²) >= 11 is 5.82. The Labute approximate surface area is 125 Å². The minimum absolute atomic E-state index is 0.295. The summed E-state index contributed by atoms with van der Waals surface area (Å²) in [7, 11) is 0. The first-order valence-electron chi connectivity index (χ1n) is 6.23. The van der Waals surface area contributed by atoms with E-state index in [2.05, 4.69) is 10.1 Å². The summed E-state index contributed by atoms with van der Waals surface area (Å²) in [5.41, 5.74) is 1.28. The topological polar surface area (TPSA) is 87.5 Å². The summed E-state index contributed by atoms with van der Waals surface area (Å²) < 4.78 is 1.36. The molecular formula is C14H14ClN3O3. The third-order valence-corrected chi connectivity index (χ3v) is 3.24. The van der Waals surface area contributed by atoms with Crippen LogP contribution in [0.2, 0.25) is 5.02 Å². The molecular weight excluding hydrogens is 294 g/mol. The number of nitrogens with zero attached hydrogens (tertiary/aromatic N) is 2.